The second kappa shape index (κ2) is 7.56. The van der Waals surface area contributed by atoms with Crippen molar-refractivity contribution >= 4 is 27.3 Å². The number of hydrogen-bond donors (Lipinski definition) is 0. The Labute approximate surface area is 157 Å². The van der Waals surface area contributed by atoms with Gasteiger partial charge in [-0.1, -0.05) is 12.1 Å². The molecule has 1 aliphatic heterocycles. The highest BCUT2D eigenvalue weighted by molar-refractivity contribution is 7.18. The number of aromatic nitrogens is 1. The standard InChI is InChI=1S/C21H22N2O2S/c1-25-17-8-6-15(7-9-17)21(24)16-10-12-23(13-11-16)14-20-22-18-4-2-3-5-19(18)26-20/h2-9,16H,10-14H2,1H3. The van der Waals surface area contributed by atoms with Crippen molar-refractivity contribution in [1.29, 1.82) is 0 Å². The summed E-state index contributed by atoms with van der Waals surface area (Å²) in [5, 5.41) is 1.16. The fourth-order valence-corrected chi connectivity index (χ4v) is 4.53. The zero-order chi connectivity index (χ0) is 17.9. The summed E-state index contributed by atoms with van der Waals surface area (Å²) in [6.45, 7) is 2.77. The minimum atomic E-state index is 0.120. The molecule has 4 rings (SSSR count). The van der Waals surface area contributed by atoms with E-state index in [1.807, 2.05) is 30.3 Å². The summed E-state index contributed by atoms with van der Waals surface area (Å²) in [4.78, 5) is 19.8. The average molecular weight is 366 g/mol. The molecule has 3 aromatic rings. The normalized spacial score (nSPS) is 16.0. The predicted molar refractivity (Wildman–Crippen MR) is 105 cm³/mol. The Morgan fingerprint density at radius 3 is 2.58 bits per heavy atom. The van der Waals surface area contributed by atoms with Gasteiger partial charge in [-0.25, -0.2) is 4.98 Å². The Morgan fingerprint density at radius 2 is 1.88 bits per heavy atom. The molecule has 0 saturated carbocycles. The van der Waals surface area contributed by atoms with Gasteiger partial charge in [-0.15, -0.1) is 11.3 Å². The fraction of sp³-hybridized carbons (Fsp3) is 0.333. The molecular weight excluding hydrogens is 344 g/mol. The van der Waals surface area contributed by atoms with Crippen LogP contribution in [-0.4, -0.2) is 35.9 Å². The first-order chi connectivity index (χ1) is 12.7. The summed E-state index contributed by atoms with van der Waals surface area (Å²) in [6, 6.07) is 15.7. The lowest BCUT2D eigenvalue weighted by Gasteiger charge is -2.30. The molecule has 0 spiro atoms. The Kier molecular flexibility index (Phi) is 5.00. The third-order valence-electron chi connectivity index (χ3n) is 5.03. The van der Waals surface area contributed by atoms with Crippen LogP contribution in [0.5, 0.6) is 5.75 Å². The number of carbonyl (C=O) groups excluding carboxylic acids is 1. The van der Waals surface area contributed by atoms with Gasteiger partial charge in [-0.2, -0.15) is 0 Å². The van der Waals surface area contributed by atoms with Gasteiger partial charge >= 0.3 is 0 Å². The molecule has 0 bridgehead atoms. The molecule has 26 heavy (non-hydrogen) atoms. The highest BCUT2D eigenvalue weighted by Crippen LogP contribution is 2.26. The Hall–Kier alpha value is -2.24. The van der Waals surface area contributed by atoms with Crippen LogP contribution in [0.15, 0.2) is 48.5 Å². The minimum absolute atomic E-state index is 0.120. The number of fused-ring (bicyclic) bond motifs is 1. The van der Waals surface area contributed by atoms with Gasteiger partial charge < -0.3 is 4.74 Å². The van der Waals surface area contributed by atoms with Gasteiger partial charge in [0.15, 0.2) is 5.78 Å². The van der Waals surface area contributed by atoms with E-state index in [2.05, 4.69) is 23.1 Å². The largest absolute Gasteiger partial charge is 0.497 e. The lowest BCUT2D eigenvalue weighted by molar-refractivity contribution is 0.0835. The first-order valence-electron chi connectivity index (χ1n) is 8.98. The van der Waals surface area contributed by atoms with E-state index in [-0.39, 0.29) is 11.7 Å². The number of piperidine rings is 1. The van der Waals surface area contributed by atoms with Gasteiger partial charge in [0, 0.05) is 11.5 Å². The molecule has 134 valence electrons. The molecule has 0 atom stereocenters. The van der Waals surface area contributed by atoms with Crippen LogP contribution in [0, 0.1) is 5.92 Å². The molecule has 2 aromatic carbocycles. The molecule has 0 N–H and O–H groups in total. The zero-order valence-electron chi connectivity index (χ0n) is 14.9. The monoisotopic (exact) mass is 366 g/mol. The van der Waals surface area contributed by atoms with Crippen molar-refractivity contribution in [1.82, 2.24) is 9.88 Å². The lowest BCUT2D eigenvalue weighted by Crippen LogP contribution is -2.35. The first-order valence-corrected chi connectivity index (χ1v) is 9.79. The number of Topliss-reactive ketones (excluding diaryl/α,β-unsaturated/α-hetero) is 1. The number of ketones is 1. The van der Waals surface area contributed by atoms with E-state index in [1.54, 1.807) is 18.4 Å². The van der Waals surface area contributed by atoms with Crippen molar-refractivity contribution in [2.45, 2.75) is 19.4 Å². The van der Waals surface area contributed by atoms with Crippen molar-refractivity contribution in [3.05, 3.63) is 59.1 Å². The van der Waals surface area contributed by atoms with E-state index in [4.69, 9.17) is 9.72 Å². The second-order valence-corrected chi connectivity index (χ2v) is 7.83. The third-order valence-corrected chi connectivity index (χ3v) is 6.05. The van der Waals surface area contributed by atoms with Crippen LogP contribution in [0.2, 0.25) is 0 Å². The molecule has 0 aliphatic carbocycles. The van der Waals surface area contributed by atoms with E-state index in [9.17, 15) is 4.79 Å². The number of thiazole rings is 1. The number of likely N-dealkylation sites (tertiary alicyclic amines) is 1. The van der Waals surface area contributed by atoms with Gasteiger partial charge in [0.05, 0.1) is 23.9 Å². The van der Waals surface area contributed by atoms with Gasteiger partial charge in [0.25, 0.3) is 0 Å². The van der Waals surface area contributed by atoms with Gasteiger partial charge in [0.1, 0.15) is 10.8 Å². The Bertz CT molecular complexity index is 863. The van der Waals surface area contributed by atoms with E-state index in [0.717, 1.165) is 54.3 Å². The molecule has 1 fully saturated rings. The fourth-order valence-electron chi connectivity index (χ4n) is 3.52. The predicted octanol–water partition coefficient (Wildman–Crippen LogP) is 4.40. The number of hydrogen-bond acceptors (Lipinski definition) is 5. The van der Waals surface area contributed by atoms with Crippen LogP contribution in [0.4, 0.5) is 0 Å². The van der Waals surface area contributed by atoms with E-state index in [0.29, 0.717) is 0 Å². The molecule has 0 unspecified atom stereocenters. The molecule has 1 aromatic heterocycles. The Balaban J connectivity index is 1.35. The summed E-state index contributed by atoms with van der Waals surface area (Å²) in [5.41, 5.74) is 1.87. The topological polar surface area (TPSA) is 42.4 Å². The summed E-state index contributed by atoms with van der Waals surface area (Å²) < 4.78 is 6.41. The van der Waals surface area contributed by atoms with Gasteiger partial charge in [-0.05, 0) is 62.3 Å². The molecule has 2 heterocycles. The zero-order valence-corrected chi connectivity index (χ0v) is 15.7. The summed E-state index contributed by atoms with van der Waals surface area (Å²) in [7, 11) is 1.64. The summed E-state index contributed by atoms with van der Waals surface area (Å²) in [5.74, 6) is 1.16. The summed E-state index contributed by atoms with van der Waals surface area (Å²) >= 11 is 1.77. The number of nitrogens with zero attached hydrogens (tertiary/aromatic N) is 2. The number of rotatable bonds is 5. The van der Waals surface area contributed by atoms with Crippen LogP contribution < -0.4 is 4.74 Å². The molecule has 4 nitrogen and oxygen atoms in total. The van der Waals surface area contributed by atoms with E-state index >= 15 is 0 Å². The van der Waals surface area contributed by atoms with Crippen LogP contribution in [0.25, 0.3) is 10.2 Å². The van der Waals surface area contributed by atoms with Crippen LogP contribution in [0.3, 0.4) is 0 Å². The Morgan fingerprint density at radius 1 is 1.15 bits per heavy atom. The summed E-state index contributed by atoms with van der Waals surface area (Å²) in [6.07, 6.45) is 1.82. The maximum absolute atomic E-state index is 12.7. The van der Waals surface area contributed by atoms with Crippen LogP contribution in [-0.2, 0) is 6.54 Å². The van der Waals surface area contributed by atoms with Gasteiger partial charge in [0.2, 0.25) is 0 Å². The number of methoxy groups -OCH3 is 1. The number of para-hydroxylation sites is 1. The number of ether oxygens (including phenoxy) is 1. The van der Waals surface area contributed by atoms with E-state index in [1.165, 1.54) is 4.70 Å². The highest BCUT2D eigenvalue weighted by Gasteiger charge is 2.26. The molecule has 1 aliphatic rings. The number of benzene rings is 2. The SMILES string of the molecule is COc1ccc(C(=O)C2CCN(Cc3nc4ccccc4s3)CC2)cc1. The van der Waals surface area contributed by atoms with Gasteiger partial charge in [-0.3, -0.25) is 9.69 Å². The number of carbonyl (C=O) groups is 1. The molecule has 5 heteroatoms. The molecule has 0 amide bonds. The van der Waals surface area contributed by atoms with E-state index < -0.39 is 0 Å². The maximum Gasteiger partial charge on any atom is 0.166 e. The van der Waals surface area contributed by atoms with Crippen molar-refractivity contribution in [2.75, 3.05) is 20.2 Å². The van der Waals surface area contributed by atoms with Crippen LogP contribution in [0.1, 0.15) is 28.2 Å². The quantitative estimate of drug-likeness (QED) is 0.628. The van der Waals surface area contributed by atoms with Crippen molar-refractivity contribution in [3.63, 3.8) is 0 Å². The minimum Gasteiger partial charge on any atom is -0.497 e. The average Bonchev–Trinajstić information content (AvgIpc) is 3.10. The van der Waals surface area contributed by atoms with Crippen molar-refractivity contribution < 1.29 is 9.53 Å². The molecular formula is C21H22N2O2S. The first kappa shape index (κ1) is 17.2. The van der Waals surface area contributed by atoms with Crippen molar-refractivity contribution in [3.8, 4) is 5.75 Å². The smallest absolute Gasteiger partial charge is 0.166 e. The highest BCUT2D eigenvalue weighted by atomic mass is 32.1. The van der Waals surface area contributed by atoms with Crippen molar-refractivity contribution in [2.24, 2.45) is 5.92 Å². The molecule has 0 radical (unpaired) electrons. The second-order valence-electron chi connectivity index (χ2n) is 6.72. The molecule has 1 saturated heterocycles. The van der Waals surface area contributed by atoms with Crippen LogP contribution >= 0.6 is 11.3 Å². The lowest BCUT2D eigenvalue weighted by atomic mass is 9.89. The maximum atomic E-state index is 12.7. The third kappa shape index (κ3) is 3.64.